The predicted octanol–water partition coefficient (Wildman–Crippen LogP) is 3.08. The first-order valence-corrected chi connectivity index (χ1v) is 5.83. The van der Waals surface area contributed by atoms with E-state index in [4.69, 9.17) is 0 Å². The molecule has 0 aromatic heterocycles. The molecule has 0 saturated heterocycles. The second-order valence-corrected chi connectivity index (χ2v) is 4.04. The Morgan fingerprint density at radius 1 is 0.556 bits per heavy atom. The van der Waals surface area contributed by atoms with Crippen LogP contribution in [-0.4, -0.2) is 0 Å². The average molecular weight is 432 g/mol. The molecule has 0 aliphatic carbocycles. The fourth-order valence-electron chi connectivity index (χ4n) is 1.15. The molecule has 2 aromatic rings. The van der Waals surface area contributed by atoms with Crippen molar-refractivity contribution in [2.45, 2.75) is 0 Å². The van der Waals surface area contributed by atoms with Crippen molar-refractivity contribution in [1.29, 1.82) is 0 Å². The molecule has 0 atom stereocenters. The van der Waals surface area contributed by atoms with Crippen LogP contribution >= 0.6 is 8.58 Å². The molecule has 0 saturated carbocycles. The van der Waals surface area contributed by atoms with Crippen LogP contribution in [-0.2, 0) is 21.1 Å². The normalized spacial score (nSPS) is 7.33. The van der Waals surface area contributed by atoms with Crippen LogP contribution in [0.25, 0.3) is 0 Å². The molecule has 0 nitrogen and oxygen atoms in total. The fraction of sp³-hybridized carbons (Fsp3) is 0. The van der Waals surface area contributed by atoms with Gasteiger partial charge in [-0.05, 0) is 19.2 Å². The van der Waals surface area contributed by atoms with E-state index in [1.54, 1.807) is 0 Å². The molecule has 93 valence electrons. The van der Waals surface area contributed by atoms with Crippen LogP contribution in [0.5, 0.6) is 0 Å². The maximum atomic E-state index is 4.00. The van der Waals surface area contributed by atoms with Crippen molar-refractivity contribution < 1.29 is 21.1 Å². The van der Waals surface area contributed by atoms with E-state index in [0.717, 1.165) is 0 Å². The minimum Gasteiger partial charge on any atom is -0.124 e. The van der Waals surface area contributed by atoms with E-state index in [2.05, 4.69) is 74.2 Å². The van der Waals surface area contributed by atoms with Crippen molar-refractivity contribution in [3.8, 4) is 25.7 Å². The number of rotatable bonds is 2. The van der Waals surface area contributed by atoms with Crippen LogP contribution in [0.2, 0.25) is 0 Å². The molecule has 0 N–H and O–H groups in total. The monoisotopic (exact) mass is 432 g/mol. The van der Waals surface area contributed by atoms with Crippen molar-refractivity contribution >= 4 is 19.2 Å². The molecule has 0 spiro atoms. The second kappa shape index (κ2) is 13.7. The maximum Gasteiger partial charge on any atom is 0 e. The third-order valence-corrected chi connectivity index (χ3v) is 2.88. The van der Waals surface area contributed by atoms with Gasteiger partial charge in [-0.2, -0.15) is 0 Å². The summed E-state index contributed by atoms with van der Waals surface area (Å²) in [4.78, 5) is 0. The van der Waals surface area contributed by atoms with Gasteiger partial charge in [0.25, 0.3) is 0 Å². The Kier molecular flexibility index (Phi) is 14.5. The van der Waals surface area contributed by atoms with Gasteiger partial charge < -0.3 is 0 Å². The smallest absolute Gasteiger partial charge is 0 e. The Bertz CT molecular complexity index is 388. The van der Waals surface area contributed by atoms with Gasteiger partial charge in [0.15, 0.2) is 0 Å². The maximum absolute atomic E-state index is 4.00. The first-order chi connectivity index (χ1) is 8.45. The van der Waals surface area contributed by atoms with Crippen LogP contribution in [0.15, 0.2) is 60.7 Å². The van der Waals surface area contributed by atoms with Gasteiger partial charge in [-0.1, -0.05) is 60.7 Å². The molecule has 0 heterocycles. The standard InChI is InChI=1S/C12H10P.2C2H2.Pt/c1-3-7-11(8-4-1)13-12-9-5-2-6-10-12;2*1-2;/h1-10H;2*1-2H;. The summed E-state index contributed by atoms with van der Waals surface area (Å²) in [5.41, 5.74) is 0. The predicted molar refractivity (Wildman–Crippen MR) is 78.9 cm³/mol. The first kappa shape index (κ1) is 19.0. The molecule has 1 radical (unpaired) electrons. The Morgan fingerprint density at radius 3 is 1.11 bits per heavy atom. The van der Waals surface area contributed by atoms with Crippen LogP contribution in [0.4, 0.5) is 0 Å². The summed E-state index contributed by atoms with van der Waals surface area (Å²) in [6.45, 7) is 0. The second-order valence-electron chi connectivity index (χ2n) is 2.78. The molecular formula is C16H14PPt. The molecule has 2 aromatic carbocycles. The quantitative estimate of drug-likeness (QED) is 0.506. The zero-order chi connectivity index (χ0) is 12.9. The van der Waals surface area contributed by atoms with E-state index in [9.17, 15) is 0 Å². The molecule has 18 heavy (non-hydrogen) atoms. The van der Waals surface area contributed by atoms with E-state index in [1.807, 2.05) is 12.1 Å². The van der Waals surface area contributed by atoms with E-state index < -0.39 is 0 Å². The van der Waals surface area contributed by atoms with Gasteiger partial charge in [-0.25, -0.2) is 0 Å². The number of hydrogen-bond acceptors (Lipinski definition) is 0. The van der Waals surface area contributed by atoms with E-state index in [-0.39, 0.29) is 21.1 Å². The zero-order valence-electron chi connectivity index (χ0n) is 9.85. The van der Waals surface area contributed by atoms with E-state index in [0.29, 0.717) is 0 Å². The minimum atomic E-state index is 0. The van der Waals surface area contributed by atoms with Gasteiger partial charge >= 0.3 is 0 Å². The van der Waals surface area contributed by atoms with Crippen molar-refractivity contribution in [2.24, 2.45) is 0 Å². The number of benzene rings is 2. The van der Waals surface area contributed by atoms with Gasteiger partial charge in [0, 0.05) is 21.1 Å². The topological polar surface area (TPSA) is 0 Å². The van der Waals surface area contributed by atoms with Crippen LogP contribution in [0.3, 0.4) is 0 Å². The molecule has 0 bridgehead atoms. The van der Waals surface area contributed by atoms with E-state index >= 15 is 0 Å². The summed E-state index contributed by atoms with van der Waals surface area (Å²) in [5, 5.41) is 2.68. The largest absolute Gasteiger partial charge is 0.124 e. The van der Waals surface area contributed by atoms with Crippen molar-refractivity contribution in [3.63, 3.8) is 0 Å². The van der Waals surface area contributed by atoms with Gasteiger partial charge in [0.2, 0.25) is 0 Å². The third-order valence-electron chi connectivity index (χ3n) is 1.77. The number of terminal acetylenes is 2. The average Bonchev–Trinajstić information content (AvgIpc) is 2.45. The van der Waals surface area contributed by atoms with Gasteiger partial charge in [-0.15, -0.1) is 25.7 Å². The van der Waals surface area contributed by atoms with Crippen LogP contribution in [0, 0.1) is 25.7 Å². The van der Waals surface area contributed by atoms with Crippen LogP contribution in [0.1, 0.15) is 0 Å². The summed E-state index contributed by atoms with van der Waals surface area (Å²) in [6, 6.07) is 21.0. The summed E-state index contributed by atoms with van der Waals surface area (Å²) in [6.07, 6.45) is 16.0. The Morgan fingerprint density at radius 2 is 0.833 bits per heavy atom. The molecule has 0 fully saturated rings. The van der Waals surface area contributed by atoms with Crippen molar-refractivity contribution in [1.82, 2.24) is 0 Å². The third kappa shape index (κ3) is 7.87. The fourth-order valence-corrected chi connectivity index (χ4v) is 2.09. The molecular weight excluding hydrogens is 418 g/mol. The Hall–Kier alpha value is -1.32. The zero-order valence-corrected chi connectivity index (χ0v) is 13.0. The molecule has 0 amide bonds. The summed E-state index contributed by atoms with van der Waals surface area (Å²) in [5.74, 6) is 0. The molecule has 0 aliphatic rings. The number of hydrogen-bond donors (Lipinski definition) is 0. The summed E-state index contributed by atoms with van der Waals surface area (Å²) < 4.78 is 0. The van der Waals surface area contributed by atoms with Gasteiger partial charge in [0.05, 0.1) is 0 Å². The van der Waals surface area contributed by atoms with Crippen molar-refractivity contribution in [3.05, 3.63) is 60.7 Å². The summed E-state index contributed by atoms with van der Waals surface area (Å²) in [7, 11) is 1.28. The summed E-state index contributed by atoms with van der Waals surface area (Å²) >= 11 is 0. The molecule has 2 rings (SSSR count). The molecule has 2 heteroatoms. The Labute approximate surface area is 126 Å². The Balaban J connectivity index is 0. The SMILES string of the molecule is C#C.C#C.[Pt].c1ccc([P]c2ccccc2)cc1. The van der Waals surface area contributed by atoms with Crippen LogP contribution < -0.4 is 10.6 Å². The first-order valence-electron chi connectivity index (χ1n) is 4.94. The van der Waals surface area contributed by atoms with E-state index in [1.165, 1.54) is 19.2 Å². The van der Waals surface area contributed by atoms with Crippen molar-refractivity contribution in [2.75, 3.05) is 0 Å². The molecule has 0 unspecified atom stereocenters. The van der Waals surface area contributed by atoms with Gasteiger partial charge in [-0.3, -0.25) is 0 Å². The minimum absolute atomic E-state index is 0. The van der Waals surface area contributed by atoms with Gasteiger partial charge in [0.1, 0.15) is 0 Å². The molecule has 0 aliphatic heterocycles.